The summed E-state index contributed by atoms with van der Waals surface area (Å²) in [4.78, 5) is 7.47. The third kappa shape index (κ3) is 5.16. The molecule has 2 aromatic carbocycles. The fourth-order valence-corrected chi connectivity index (χ4v) is 5.80. The number of fused-ring (bicyclic) bond motifs is 1. The fraction of sp³-hybridized carbons (Fsp3) is 0.458. The smallest absolute Gasteiger partial charge is 0.151 e. The molecule has 2 nitrogen and oxygen atoms in total. The number of thiazole rings is 1. The Labute approximate surface area is 178 Å². The summed E-state index contributed by atoms with van der Waals surface area (Å²) in [5.41, 5.74) is 5.51. The highest BCUT2D eigenvalue weighted by molar-refractivity contribution is 8.01. The van der Waals surface area contributed by atoms with Crippen molar-refractivity contribution in [2.24, 2.45) is 0 Å². The highest BCUT2D eigenvalue weighted by atomic mass is 32.2. The number of nitrogens with zero attached hydrogens (tertiary/aromatic N) is 2. The van der Waals surface area contributed by atoms with Crippen LogP contribution < -0.4 is 0 Å². The predicted molar refractivity (Wildman–Crippen MR) is 126 cm³/mol. The zero-order valence-corrected chi connectivity index (χ0v) is 19.2. The van der Waals surface area contributed by atoms with Gasteiger partial charge in [0.1, 0.15) is 0 Å². The molecule has 1 atom stereocenters. The van der Waals surface area contributed by atoms with E-state index < -0.39 is 0 Å². The zero-order valence-electron chi connectivity index (χ0n) is 17.6. The topological polar surface area (TPSA) is 16.1 Å². The maximum absolute atomic E-state index is 4.97. The number of rotatable bonds is 10. The minimum atomic E-state index is 0.547. The molecule has 0 saturated heterocycles. The Kier molecular flexibility index (Phi) is 7.95. The van der Waals surface area contributed by atoms with E-state index in [1.807, 2.05) is 23.1 Å². The fourth-order valence-electron chi connectivity index (χ4n) is 3.69. The minimum Gasteiger partial charge on any atom is -0.303 e. The molecule has 150 valence electrons. The van der Waals surface area contributed by atoms with Crippen LogP contribution in [0.25, 0.3) is 10.2 Å². The highest BCUT2D eigenvalue weighted by Crippen LogP contribution is 2.35. The third-order valence-electron chi connectivity index (χ3n) is 5.52. The maximum atomic E-state index is 4.97. The first-order chi connectivity index (χ1) is 13.7. The molecular weight excluding hydrogens is 380 g/mol. The van der Waals surface area contributed by atoms with Gasteiger partial charge >= 0.3 is 0 Å². The first kappa shape index (κ1) is 21.4. The standard InChI is InChI=1S/C24H32N2S2/c1-5-19-14-15-20(23-22(19)25-24(28-23)27-7-3)17-21(26(4)6-2)16-13-18-11-9-8-10-12-18/h8-12,14-15,21H,5-7,13,16-17H2,1-4H3. The molecule has 0 radical (unpaired) electrons. The molecule has 0 aliphatic heterocycles. The molecule has 0 saturated carbocycles. The van der Waals surface area contributed by atoms with Crippen LogP contribution in [0.15, 0.2) is 46.8 Å². The number of hydrogen-bond donors (Lipinski definition) is 0. The van der Waals surface area contributed by atoms with Crippen molar-refractivity contribution in [3.05, 3.63) is 59.2 Å². The molecule has 1 unspecified atom stereocenters. The number of benzene rings is 2. The quantitative estimate of drug-likeness (QED) is 0.355. The van der Waals surface area contributed by atoms with Gasteiger partial charge in [0.2, 0.25) is 0 Å². The van der Waals surface area contributed by atoms with E-state index in [4.69, 9.17) is 4.98 Å². The van der Waals surface area contributed by atoms with E-state index in [1.54, 1.807) is 0 Å². The average Bonchev–Trinajstić information content (AvgIpc) is 3.15. The molecule has 28 heavy (non-hydrogen) atoms. The monoisotopic (exact) mass is 412 g/mol. The van der Waals surface area contributed by atoms with Crippen molar-refractivity contribution >= 4 is 33.3 Å². The zero-order chi connectivity index (χ0) is 19.9. The summed E-state index contributed by atoms with van der Waals surface area (Å²) in [7, 11) is 2.26. The van der Waals surface area contributed by atoms with Crippen LogP contribution in [-0.4, -0.2) is 35.3 Å². The first-order valence-corrected chi connectivity index (χ1v) is 12.2. The van der Waals surface area contributed by atoms with Crippen LogP contribution >= 0.6 is 23.1 Å². The molecule has 3 rings (SSSR count). The van der Waals surface area contributed by atoms with E-state index >= 15 is 0 Å². The Morgan fingerprint density at radius 3 is 2.46 bits per heavy atom. The Morgan fingerprint density at radius 1 is 1.04 bits per heavy atom. The molecule has 0 spiro atoms. The van der Waals surface area contributed by atoms with E-state index in [2.05, 4.69) is 75.2 Å². The average molecular weight is 413 g/mol. The van der Waals surface area contributed by atoms with Crippen LogP contribution in [0, 0.1) is 0 Å². The molecule has 0 aliphatic carbocycles. The summed E-state index contributed by atoms with van der Waals surface area (Å²) < 4.78 is 2.62. The third-order valence-corrected chi connectivity index (χ3v) is 7.68. The van der Waals surface area contributed by atoms with Crippen LogP contribution in [0.5, 0.6) is 0 Å². The van der Waals surface area contributed by atoms with Gasteiger partial charge in [0.05, 0.1) is 10.2 Å². The molecule has 0 amide bonds. The Balaban J connectivity index is 1.86. The number of likely N-dealkylation sites (N-methyl/N-ethyl adjacent to an activating group) is 1. The van der Waals surface area contributed by atoms with Crippen LogP contribution in [-0.2, 0) is 19.3 Å². The van der Waals surface area contributed by atoms with E-state index in [9.17, 15) is 0 Å². The molecule has 4 heteroatoms. The molecule has 0 bridgehead atoms. The van der Waals surface area contributed by atoms with E-state index in [-0.39, 0.29) is 0 Å². The van der Waals surface area contributed by atoms with Gasteiger partial charge in [-0.15, -0.1) is 11.3 Å². The number of aryl methyl sites for hydroxylation is 2. The lowest BCUT2D eigenvalue weighted by atomic mass is 9.96. The van der Waals surface area contributed by atoms with Gasteiger partial charge in [-0.05, 0) is 61.7 Å². The van der Waals surface area contributed by atoms with Crippen LogP contribution in [0.3, 0.4) is 0 Å². The van der Waals surface area contributed by atoms with Gasteiger partial charge in [0.25, 0.3) is 0 Å². The van der Waals surface area contributed by atoms with Gasteiger partial charge in [-0.2, -0.15) is 0 Å². The van der Waals surface area contributed by atoms with E-state index in [1.165, 1.54) is 37.7 Å². The largest absolute Gasteiger partial charge is 0.303 e. The summed E-state index contributed by atoms with van der Waals surface area (Å²) in [6.07, 6.45) is 4.45. The lowest BCUT2D eigenvalue weighted by Crippen LogP contribution is -2.33. The summed E-state index contributed by atoms with van der Waals surface area (Å²) in [5, 5.41) is 0. The molecule has 0 fully saturated rings. The molecule has 0 N–H and O–H groups in total. The molecular formula is C24H32N2S2. The first-order valence-electron chi connectivity index (χ1n) is 10.4. The van der Waals surface area contributed by atoms with Crippen molar-refractivity contribution in [2.45, 2.75) is 56.8 Å². The van der Waals surface area contributed by atoms with Crippen molar-refractivity contribution in [3.8, 4) is 0 Å². The van der Waals surface area contributed by atoms with E-state index in [0.29, 0.717) is 6.04 Å². The number of aromatic nitrogens is 1. The summed E-state index contributed by atoms with van der Waals surface area (Å²) in [6, 6.07) is 16.1. The highest BCUT2D eigenvalue weighted by Gasteiger charge is 2.18. The SMILES string of the molecule is CCSc1nc2c(CC)ccc(CC(CCc3ccccc3)N(C)CC)c2s1. The second kappa shape index (κ2) is 10.4. The lowest BCUT2D eigenvalue weighted by molar-refractivity contribution is 0.240. The minimum absolute atomic E-state index is 0.547. The summed E-state index contributed by atoms with van der Waals surface area (Å²) in [5.74, 6) is 1.08. The van der Waals surface area contributed by atoms with Gasteiger partial charge in [0.15, 0.2) is 4.34 Å². The second-order valence-electron chi connectivity index (χ2n) is 7.28. The van der Waals surface area contributed by atoms with Gasteiger partial charge in [0, 0.05) is 6.04 Å². The predicted octanol–water partition coefficient (Wildman–Crippen LogP) is 6.47. The van der Waals surface area contributed by atoms with Crippen molar-refractivity contribution in [2.75, 3.05) is 19.3 Å². The summed E-state index contributed by atoms with van der Waals surface area (Å²) >= 11 is 3.75. The maximum Gasteiger partial charge on any atom is 0.151 e. The normalized spacial score (nSPS) is 12.8. The number of hydrogen-bond acceptors (Lipinski definition) is 4. The van der Waals surface area contributed by atoms with Crippen molar-refractivity contribution in [3.63, 3.8) is 0 Å². The molecule has 0 aliphatic rings. The van der Waals surface area contributed by atoms with Gasteiger partial charge < -0.3 is 4.90 Å². The number of thioether (sulfide) groups is 1. The Morgan fingerprint density at radius 2 is 1.79 bits per heavy atom. The van der Waals surface area contributed by atoms with Gasteiger partial charge in [-0.25, -0.2) is 4.98 Å². The van der Waals surface area contributed by atoms with Crippen LogP contribution in [0.4, 0.5) is 0 Å². The van der Waals surface area contributed by atoms with Crippen molar-refractivity contribution in [1.82, 2.24) is 9.88 Å². The van der Waals surface area contributed by atoms with Crippen LogP contribution in [0.2, 0.25) is 0 Å². The second-order valence-corrected chi connectivity index (χ2v) is 9.79. The van der Waals surface area contributed by atoms with Crippen LogP contribution in [0.1, 0.15) is 43.9 Å². The van der Waals surface area contributed by atoms with Crippen molar-refractivity contribution < 1.29 is 0 Å². The Bertz CT molecular complexity index is 873. The lowest BCUT2D eigenvalue weighted by Gasteiger charge is -2.27. The van der Waals surface area contributed by atoms with E-state index in [0.717, 1.165) is 31.6 Å². The summed E-state index contributed by atoms with van der Waals surface area (Å²) in [6.45, 7) is 7.77. The molecule has 3 aromatic rings. The van der Waals surface area contributed by atoms with Gasteiger partial charge in [-0.3, -0.25) is 0 Å². The molecule has 1 heterocycles. The van der Waals surface area contributed by atoms with Gasteiger partial charge in [-0.1, -0.05) is 75.0 Å². The molecule has 1 aromatic heterocycles. The Hall–Kier alpha value is -1.36. The van der Waals surface area contributed by atoms with Crippen molar-refractivity contribution in [1.29, 1.82) is 0 Å².